The molecular formula is C16H15BrN2O5S2. The standard InChI is InChI=1S/C16H15BrN2O5S2/c1-24-15-6-5-11(9-14(15)17)16-18(7-8-25-16)26(22,23)13-4-2-3-12(10-13)19(20)21/h2-6,9-10,16H,7-8H2,1H3. The van der Waals surface area contributed by atoms with Gasteiger partial charge in [-0.2, -0.15) is 4.31 Å². The molecule has 0 amide bonds. The minimum atomic E-state index is -3.86. The van der Waals surface area contributed by atoms with Crippen LogP contribution in [0.3, 0.4) is 0 Å². The van der Waals surface area contributed by atoms with E-state index in [4.69, 9.17) is 4.74 Å². The van der Waals surface area contributed by atoms with Gasteiger partial charge in [0, 0.05) is 24.4 Å². The van der Waals surface area contributed by atoms with Crippen molar-refractivity contribution in [1.82, 2.24) is 4.31 Å². The minimum absolute atomic E-state index is 0.0771. The van der Waals surface area contributed by atoms with E-state index in [0.717, 1.165) is 16.1 Å². The summed E-state index contributed by atoms with van der Waals surface area (Å²) in [6.07, 6.45) is 0. The van der Waals surface area contributed by atoms with E-state index in [9.17, 15) is 18.5 Å². The number of sulfonamides is 1. The summed E-state index contributed by atoms with van der Waals surface area (Å²) in [5, 5.41) is 10.6. The lowest BCUT2D eigenvalue weighted by Gasteiger charge is -2.24. The highest BCUT2D eigenvalue weighted by Crippen LogP contribution is 2.43. The molecule has 26 heavy (non-hydrogen) atoms. The average Bonchev–Trinajstić information content (AvgIpc) is 3.12. The fourth-order valence-electron chi connectivity index (χ4n) is 2.69. The lowest BCUT2D eigenvalue weighted by atomic mass is 10.2. The Kier molecular flexibility index (Phi) is 5.56. The van der Waals surface area contributed by atoms with Crippen molar-refractivity contribution in [3.05, 3.63) is 62.6 Å². The fourth-order valence-corrected chi connectivity index (χ4v) is 6.52. The molecule has 0 radical (unpaired) electrons. The van der Waals surface area contributed by atoms with Gasteiger partial charge in [-0.25, -0.2) is 8.42 Å². The number of nitrogens with zero attached hydrogens (tertiary/aromatic N) is 2. The van der Waals surface area contributed by atoms with Gasteiger partial charge in [0.1, 0.15) is 5.75 Å². The number of halogens is 1. The molecule has 1 atom stereocenters. The first-order valence-electron chi connectivity index (χ1n) is 7.56. The molecule has 2 aromatic carbocycles. The lowest BCUT2D eigenvalue weighted by Crippen LogP contribution is -2.30. The SMILES string of the molecule is COc1ccc(C2SCCN2S(=O)(=O)c2cccc([N+](=O)[O-])c2)cc1Br. The van der Waals surface area contributed by atoms with Gasteiger partial charge in [-0.15, -0.1) is 11.8 Å². The molecule has 0 aromatic heterocycles. The maximum atomic E-state index is 13.1. The van der Waals surface area contributed by atoms with Gasteiger partial charge in [-0.1, -0.05) is 12.1 Å². The van der Waals surface area contributed by atoms with Crippen LogP contribution in [-0.2, 0) is 10.0 Å². The van der Waals surface area contributed by atoms with E-state index in [0.29, 0.717) is 18.0 Å². The molecule has 1 aliphatic heterocycles. The number of methoxy groups -OCH3 is 1. The Morgan fingerprint density at radius 1 is 1.31 bits per heavy atom. The molecule has 0 saturated carbocycles. The highest BCUT2D eigenvalue weighted by atomic mass is 79.9. The first kappa shape index (κ1) is 19.2. The Morgan fingerprint density at radius 3 is 2.73 bits per heavy atom. The van der Waals surface area contributed by atoms with Crippen molar-refractivity contribution in [3.63, 3.8) is 0 Å². The second kappa shape index (κ2) is 7.55. The van der Waals surface area contributed by atoms with E-state index < -0.39 is 20.3 Å². The Bertz CT molecular complexity index is 951. The monoisotopic (exact) mass is 458 g/mol. The highest BCUT2D eigenvalue weighted by Gasteiger charge is 2.37. The molecule has 1 fully saturated rings. The molecular weight excluding hydrogens is 444 g/mol. The van der Waals surface area contributed by atoms with Crippen LogP contribution >= 0.6 is 27.7 Å². The number of nitro groups is 1. The third kappa shape index (κ3) is 3.59. The summed E-state index contributed by atoms with van der Waals surface area (Å²) in [5.74, 6) is 1.30. The van der Waals surface area contributed by atoms with Crippen molar-refractivity contribution in [2.75, 3.05) is 19.4 Å². The molecule has 7 nitrogen and oxygen atoms in total. The molecule has 3 rings (SSSR count). The van der Waals surface area contributed by atoms with Crippen LogP contribution in [0, 0.1) is 10.1 Å². The summed E-state index contributed by atoms with van der Waals surface area (Å²) in [5.41, 5.74) is 0.566. The largest absolute Gasteiger partial charge is 0.496 e. The molecule has 1 aliphatic rings. The molecule has 0 bridgehead atoms. The van der Waals surface area contributed by atoms with Gasteiger partial charge < -0.3 is 4.74 Å². The van der Waals surface area contributed by atoms with E-state index >= 15 is 0 Å². The maximum Gasteiger partial charge on any atom is 0.270 e. The van der Waals surface area contributed by atoms with Gasteiger partial charge in [0.2, 0.25) is 10.0 Å². The smallest absolute Gasteiger partial charge is 0.270 e. The third-order valence-electron chi connectivity index (χ3n) is 3.94. The number of non-ortho nitro benzene ring substituents is 1. The van der Waals surface area contributed by atoms with Crippen molar-refractivity contribution in [2.45, 2.75) is 10.3 Å². The quantitative estimate of drug-likeness (QED) is 0.499. The Morgan fingerprint density at radius 2 is 2.08 bits per heavy atom. The van der Waals surface area contributed by atoms with Crippen molar-refractivity contribution in [1.29, 1.82) is 0 Å². The van der Waals surface area contributed by atoms with Gasteiger partial charge in [0.15, 0.2) is 0 Å². The predicted molar refractivity (Wildman–Crippen MR) is 103 cm³/mol. The maximum absolute atomic E-state index is 13.1. The summed E-state index contributed by atoms with van der Waals surface area (Å²) in [7, 11) is -2.30. The predicted octanol–water partition coefficient (Wildman–Crippen LogP) is 3.80. The van der Waals surface area contributed by atoms with Gasteiger partial charge >= 0.3 is 0 Å². The number of hydrogen-bond donors (Lipinski definition) is 0. The highest BCUT2D eigenvalue weighted by molar-refractivity contribution is 9.10. The van der Waals surface area contributed by atoms with Crippen LogP contribution in [0.25, 0.3) is 0 Å². The van der Waals surface area contributed by atoms with Crippen LogP contribution in [-0.4, -0.2) is 37.1 Å². The third-order valence-corrected chi connectivity index (χ3v) is 7.82. The molecule has 2 aromatic rings. The second-order valence-corrected chi connectivity index (χ2v) is 9.42. The molecule has 0 aliphatic carbocycles. The first-order chi connectivity index (χ1) is 12.3. The number of rotatable bonds is 5. The summed E-state index contributed by atoms with van der Waals surface area (Å²) in [6.45, 7) is 0.337. The Hall–Kier alpha value is -1.62. The average molecular weight is 459 g/mol. The molecule has 1 saturated heterocycles. The number of thioether (sulfide) groups is 1. The Balaban J connectivity index is 1.98. The van der Waals surface area contributed by atoms with Crippen LogP contribution in [0.4, 0.5) is 5.69 Å². The number of ether oxygens (including phenoxy) is 1. The van der Waals surface area contributed by atoms with Gasteiger partial charge in [-0.3, -0.25) is 10.1 Å². The molecule has 0 N–H and O–H groups in total. The number of benzene rings is 2. The first-order valence-corrected chi connectivity index (χ1v) is 10.8. The normalized spacial score (nSPS) is 18.0. The molecule has 1 unspecified atom stereocenters. The van der Waals surface area contributed by atoms with Crippen LogP contribution < -0.4 is 4.74 Å². The van der Waals surface area contributed by atoms with Crippen LogP contribution in [0.5, 0.6) is 5.75 Å². The minimum Gasteiger partial charge on any atom is -0.496 e. The van der Waals surface area contributed by atoms with Crippen molar-refractivity contribution < 1.29 is 18.1 Å². The summed E-state index contributed by atoms with van der Waals surface area (Å²) in [4.78, 5) is 10.3. The second-order valence-electron chi connectivity index (χ2n) is 5.49. The molecule has 10 heteroatoms. The molecule has 1 heterocycles. The zero-order valence-corrected chi connectivity index (χ0v) is 16.9. The van der Waals surface area contributed by atoms with E-state index in [2.05, 4.69) is 15.9 Å². The summed E-state index contributed by atoms with van der Waals surface area (Å²) in [6, 6.07) is 10.6. The van der Waals surface area contributed by atoms with Crippen molar-refractivity contribution in [3.8, 4) is 5.75 Å². The lowest BCUT2D eigenvalue weighted by molar-refractivity contribution is -0.385. The fraction of sp³-hybridized carbons (Fsp3) is 0.250. The summed E-state index contributed by atoms with van der Waals surface area (Å²) >= 11 is 4.93. The van der Waals surface area contributed by atoms with Crippen molar-refractivity contribution >= 4 is 43.4 Å². The van der Waals surface area contributed by atoms with E-state index in [-0.39, 0.29) is 10.6 Å². The summed E-state index contributed by atoms with van der Waals surface area (Å²) < 4.78 is 33.4. The van der Waals surface area contributed by atoms with E-state index in [1.807, 2.05) is 12.1 Å². The van der Waals surface area contributed by atoms with Gasteiger partial charge in [0.25, 0.3) is 5.69 Å². The zero-order valence-electron chi connectivity index (χ0n) is 13.7. The van der Waals surface area contributed by atoms with E-state index in [1.54, 1.807) is 13.2 Å². The van der Waals surface area contributed by atoms with Gasteiger partial charge in [0.05, 0.1) is 26.8 Å². The van der Waals surface area contributed by atoms with Crippen molar-refractivity contribution in [2.24, 2.45) is 0 Å². The molecule has 138 valence electrons. The molecule has 0 spiro atoms. The van der Waals surface area contributed by atoms with E-state index in [1.165, 1.54) is 34.3 Å². The number of hydrogen-bond acceptors (Lipinski definition) is 6. The van der Waals surface area contributed by atoms with Crippen LogP contribution in [0.1, 0.15) is 10.9 Å². The number of nitro benzene ring substituents is 1. The van der Waals surface area contributed by atoms with Gasteiger partial charge in [-0.05, 0) is 39.7 Å². The zero-order chi connectivity index (χ0) is 18.9. The van der Waals surface area contributed by atoms with Crippen LogP contribution in [0.15, 0.2) is 51.8 Å². The topological polar surface area (TPSA) is 89.8 Å². The Labute approximate surface area is 163 Å². The van der Waals surface area contributed by atoms with Crippen LogP contribution in [0.2, 0.25) is 0 Å².